The van der Waals surface area contributed by atoms with Crippen LogP contribution in [0, 0.1) is 0 Å². The standard InChI is InChI=1S/C15H15ClN2O4S2/c16-13-2-1-10(8-17-13)9-24(20,21)18-14(19)7-12-15-11(3-5-22-12)4-6-23-15/h1-2,4,6,8,12H,3,5,7,9H2,(H,18,19)/t12-/m0/s1. The number of halogens is 1. The van der Waals surface area contributed by atoms with Crippen molar-refractivity contribution in [2.45, 2.75) is 24.7 Å². The molecule has 1 amide bonds. The number of rotatable bonds is 5. The highest BCUT2D eigenvalue weighted by Gasteiger charge is 2.26. The highest BCUT2D eigenvalue weighted by atomic mass is 35.5. The van der Waals surface area contributed by atoms with E-state index < -0.39 is 15.9 Å². The van der Waals surface area contributed by atoms with Gasteiger partial charge < -0.3 is 4.74 Å². The minimum absolute atomic E-state index is 0.0222. The lowest BCUT2D eigenvalue weighted by Gasteiger charge is -2.22. The molecule has 2 aromatic rings. The Bertz CT molecular complexity index is 833. The number of nitrogens with one attached hydrogen (secondary N) is 1. The van der Waals surface area contributed by atoms with Crippen molar-refractivity contribution in [1.29, 1.82) is 0 Å². The minimum atomic E-state index is -3.80. The van der Waals surface area contributed by atoms with Crippen molar-refractivity contribution in [2.24, 2.45) is 0 Å². The van der Waals surface area contributed by atoms with Gasteiger partial charge in [-0.1, -0.05) is 17.7 Å². The maximum absolute atomic E-state index is 12.1. The van der Waals surface area contributed by atoms with E-state index in [1.165, 1.54) is 29.2 Å². The zero-order valence-electron chi connectivity index (χ0n) is 12.6. The second-order valence-corrected chi connectivity index (χ2v) is 8.45. The number of hydrogen-bond acceptors (Lipinski definition) is 6. The fraction of sp³-hybridized carbons (Fsp3) is 0.333. The van der Waals surface area contributed by atoms with E-state index in [1.54, 1.807) is 6.07 Å². The normalized spacial score (nSPS) is 17.3. The summed E-state index contributed by atoms with van der Waals surface area (Å²) in [5.74, 6) is -0.915. The molecule has 0 saturated carbocycles. The van der Waals surface area contributed by atoms with Gasteiger partial charge in [-0.05, 0) is 35.1 Å². The first-order chi connectivity index (χ1) is 11.4. The largest absolute Gasteiger partial charge is 0.372 e. The van der Waals surface area contributed by atoms with Crippen LogP contribution in [0.1, 0.15) is 28.5 Å². The third kappa shape index (κ3) is 4.32. The van der Waals surface area contributed by atoms with E-state index in [9.17, 15) is 13.2 Å². The van der Waals surface area contributed by atoms with Gasteiger partial charge in [-0.2, -0.15) is 0 Å². The number of amides is 1. The molecule has 3 rings (SSSR count). The fourth-order valence-corrected chi connectivity index (χ4v) is 4.73. The average molecular weight is 387 g/mol. The number of ether oxygens (including phenoxy) is 1. The lowest BCUT2D eigenvalue weighted by atomic mass is 10.1. The third-order valence-corrected chi connectivity index (χ3v) is 6.08. The molecule has 0 aromatic carbocycles. The first-order valence-corrected chi connectivity index (χ1v) is 10.2. The summed E-state index contributed by atoms with van der Waals surface area (Å²) in [7, 11) is -3.80. The van der Waals surface area contributed by atoms with E-state index in [2.05, 4.69) is 9.71 Å². The minimum Gasteiger partial charge on any atom is -0.372 e. The molecule has 1 aliphatic rings. The van der Waals surface area contributed by atoms with Gasteiger partial charge in [-0.25, -0.2) is 13.4 Å². The van der Waals surface area contributed by atoms with Gasteiger partial charge in [-0.3, -0.25) is 9.52 Å². The van der Waals surface area contributed by atoms with Gasteiger partial charge in [-0.15, -0.1) is 11.3 Å². The molecule has 2 aromatic heterocycles. The van der Waals surface area contributed by atoms with E-state index in [4.69, 9.17) is 16.3 Å². The Morgan fingerprint density at radius 3 is 3.00 bits per heavy atom. The van der Waals surface area contributed by atoms with Crippen molar-refractivity contribution < 1.29 is 17.9 Å². The maximum atomic E-state index is 12.1. The Morgan fingerprint density at radius 2 is 2.25 bits per heavy atom. The number of carbonyl (C=O) groups excluding carboxylic acids is 1. The van der Waals surface area contributed by atoms with E-state index in [0.29, 0.717) is 12.2 Å². The smallest absolute Gasteiger partial charge is 0.239 e. The number of pyridine rings is 1. The SMILES string of the molecule is O=C(C[C@@H]1OCCc2ccsc21)NS(=O)(=O)Cc1ccc(Cl)nc1. The predicted molar refractivity (Wildman–Crippen MR) is 91.3 cm³/mol. The van der Waals surface area contributed by atoms with Crippen LogP contribution in [0.5, 0.6) is 0 Å². The van der Waals surface area contributed by atoms with E-state index in [-0.39, 0.29) is 23.4 Å². The molecule has 3 heterocycles. The summed E-state index contributed by atoms with van der Waals surface area (Å²) in [5.41, 5.74) is 1.62. The van der Waals surface area contributed by atoms with Gasteiger partial charge in [0.2, 0.25) is 15.9 Å². The van der Waals surface area contributed by atoms with Crippen LogP contribution in [0.3, 0.4) is 0 Å². The summed E-state index contributed by atoms with van der Waals surface area (Å²) < 4.78 is 31.9. The van der Waals surface area contributed by atoms with Crippen molar-refractivity contribution in [1.82, 2.24) is 9.71 Å². The van der Waals surface area contributed by atoms with Crippen molar-refractivity contribution in [2.75, 3.05) is 6.61 Å². The van der Waals surface area contributed by atoms with Crippen LogP contribution in [0.25, 0.3) is 0 Å². The summed E-state index contributed by atoms with van der Waals surface area (Å²) in [4.78, 5) is 16.9. The average Bonchev–Trinajstić information content (AvgIpc) is 2.98. The van der Waals surface area contributed by atoms with Gasteiger partial charge >= 0.3 is 0 Å². The maximum Gasteiger partial charge on any atom is 0.239 e. The van der Waals surface area contributed by atoms with E-state index >= 15 is 0 Å². The number of nitrogens with zero attached hydrogens (tertiary/aromatic N) is 1. The van der Waals surface area contributed by atoms with Crippen LogP contribution in [-0.4, -0.2) is 25.9 Å². The Labute approximate surface area is 148 Å². The molecule has 1 N–H and O–H groups in total. The summed E-state index contributed by atoms with van der Waals surface area (Å²) >= 11 is 7.19. The van der Waals surface area contributed by atoms with Crippen molar-refractivity contribution >= 4 is 38.9 Å². The highest BCUT2D eigenvalue weighted by Crippen LogP contribution is 2.33. The predicted octanol–water partition coefficient (Wildman–Crippen LogP) is 2.45. The number of carbonyl (C=O) groups is 1. The molecule has 24 heavy (non-hydrogen) atoms. The van der Waals surface area contributed by atoms with Crippen LogP contribution in [0.2, 0.25) is 5.15 Å². The van der Waals surface area contributed by atoms with E-state index in [0.717, 1.165) is 11.3 Å². The fourth-order valence-electron chi connectivity index (χ4n) is 2.51. The molecule has 128 valence electrons. The summed E-state index contributed by atoms with van der Waals surface area (Å²) in [6.45, 7) is 0.533. The lowest BCUT2D eigenvalue weighted by Crippen LogP contribution is -2.33. The molecule has 1 atom stereocenters. The molecular formula is C15H15ClN2O4S2. The number of sulfonamides is 1. The van der Waals surface area contributed by atoms with Crippen LogP contribution >= 0.6 is 22.9 Å². The van der Waals surface area contributed by atoms with Crippen LogP contribution in [0.4, 0.5) is 0 Å². The second-order valence-electron chi connectivity index (χ2n) is 5.40. The zero-order chi connectivity index (χ0) is 17.2. The second kappa shape index (κ2) is 7.18. The third-order valence-electron chi connectivity index (χ3n) is 3.55. The Kier molecular flexibility index (Phi) is 5.19. The number of aromatic nitrogens is 1. The van der Waals surface area contributed by atoms with Gasteiger partial charge in [0.05, 0.1) is 18.8 Å². The summed E-state index contributed by atoms with van der Waals surface area (Å²) in [5, 5.41) is 2.23. The zero-order valence-corrected chi connectivity index (χ0v) is 15.0. The Balaban J connectivity index is 1.61. The number of hydrogen-bond donors (Lipinski definition) is 1. The molecule has 0 bridgehead atoms. The molecule has 0 saturated heterocycles. The monoisotopic (exact) mass is 386 g/mol. The highest BCUT2D eigenvalue weighted by molar-refractivity contribution is 7.89. The molecule has 0 radical (unpaired) electrons. The van der Waals surface area contributed by atoms with Gasteiger partial charge in [0.1, 0.15) is 11.3 Å². The lowest BCUT2D eigenvalue weighted by molar-refractivity contribution is -0.122. The molecule has 0 aliphatic carbocycles. The first kappa shape index (κ1) is 17.3. The molecule has 9 heteroatoms. The first-order valence-electron chi connectivity index (χ1n) is 7.24. The molecule has 6 nitrogen and oxygen atoms in total. The molecule has 0 unspecified atom stereocenters. The Morgan fingerprint density at radius 1 is 1.42 bits per heavy atom. The van der Waals surface area contributed by atoms with Crippen molar-refractivity contribution in [3.05, 3.63) is 50.9 Å². The van der Waals surface area contributed by atoms with Crippen molar-refractivity contribution in [3.63, 3.8) is 0 Å². The number of thiophene rings is 1. The van der Waals surface area contributed by atoms with Gasteiger partial charge in [0.25, 0.3) is 0 Å². The Hall–Kier alpha value is -1.48. The molecule has 0 fully saturated rings. The van der Waals surface area contributed by atoms with Crippen LogP contribution in [-0.2, 0) is 31.7 Å². The molecular weight excluding hydrogens is 372 g/mol. The van der Waals surface area contributed by atoms with Crippen LogP contribution < -0.4 is 4.72 Å². The quantitative estimate of drug-likeness (QED) is 0.798. The molecule has 1 aliphatic heterocycles. The summed E-state index contributed by atoms with van der Waals surface area (Å²) in [6.07, 6.45) is 1.78. The van der Waals surface area contributed by atoms with Crippen molar-refractivity contribution in [3.8, 4) is 0 Å². The molecule has 0 spiro atoms. The van der Waals surface area contributed by atoms with Gasteiger partial charge in [0, 0.05) is 11.1 Å². The van der Waals surface area contributed by atoms with Gasteiger partial charge in [0.15, 0.2) is 0 Å². The van der Waals surface area contributed by atoms with Crippen LogP contribution in [0.15, 0.2) is 29.8 Å². The topological polar surface area (TPSA) is 85.4 Å². The summed E-state index contributed by atoms with van der Waals surface area (Å²) in [6, 6.07) is 5.07. The number of fused-ring (bicyclic) bond motifs is 1. The van der Waals surface area contributed by atoms with E-state index in [1.807, 2.05) is 11.4 Å².